The fourth-order valence-corrected chi connectivity index (χ4v) is 3.69. The zero-order chi connectivity index (χ0) is 14.2. The molecule has 1 amide bonds. The highest BCUT2D eigenvalue weighted by Gasteiger charge is 2.37. The molecule has 1 saturated heterocycles. The second-order valence-electron chi connectivity index (χ2n) is 5.30. The van der Waals surface area contributed by atoms with E-state index in [4.69, 9.17) is 0 Å². The van der Waals surface area contributed by atoms with Crippen LogP contribution in [0.25, 0.3) is 10.9 Å². The fraction of sp³-hybridized carbons (Fsp3) is 0.400. The van der Waals surface area contributed by atoms with Crippen LogP contribution in [0.3, 0.4) is 0 Å². The molecule has 5 heteroatoms. The summed E-state index contributed by atoms with van der Waals surface area (Å²) in [6.45, 7) is 0. The minimum Gasteiger partial charge on any atom is -0.380 e. The van der Waals surface area contributed by atoms with E-state index in [0.717, 1.165) is 28.1 Å². The van der Waals surface area contributed by atoms with Crippen LogP contribution in [0.4, 0.5) is 5.69 Å². The highest BCUT2D eigenvalue weighted by atomic mass is 32.2. The van der Waals surface area contributed by atoms with E-state index in [2.05, 4.69) is 5.32 Å². The number of aromatic nitrogens is 1. The number of hydrogen-bond donors (Lipinski definition) is 2. The highest BCUT2D eigenvalue weighted by molar-refractivity contribution is 7.99. The van der Waals surface area contributed by atoms with Crippen molar-refractivity contribution in [3.8, 4) is 0 Å². The van der Waals surface area contributed by atoms with Crippen molar-refractivity contribution >= 4 is 34.3 Å². The van der Waals surface area contributed by atoms with Crippen LogP contribution in [0.5, 0.6) is 0 Å². The van der Waals surface area contributed by atoms with E-state index in [-0.39, 0.29) is 5.91 Å². The summed E-state index contributed by atoms with van der Waals surface area (Å²) in [5, 5.41) is 14.4. The smallest absolute Gasteiger partial charge is 0.256 e. The number of fused-ring (bicyclic) bond motifs is 1. The van der Waals surface area contributed by atoms with Gasteiger partial charge in [0, 0.05) is 24.4 Å². The van der Waals surface area contributed by atoms with Crippen LogP contribution in [0.15, 0.2) is 30.5 Å². The average Bonchev–Trinajstić information content (AvgIpc) is 2.81. The molecule has 0 radical (unpaired) electrons. The molecule has 2 N–H and O–H groups in total. The molecule has 4 nitrogen and oxygen atoms in total. The quantitative estimate of drug-likeness (QED) is 0.893. The Hall–Kier alpha value is -1.46. The summed E-state index contributed by atoms with van der Waals surface area (Å²) >= 11 is 1.78. The van der Waals surface area contributed by atoms with Gasteiger partial charge in [-0.15, -0.1) is 0 Å². The Bertz CT molecular complexity index is 644. The van der Waals surface area contributed by atoms with Crippen LogP contribution in [0.1, 0.15) is 12.8 Å². The Balaban J connectivity index is 1.81. The lowest BCUT2D eigenvalue weighted by Crippen LogP contribution is -2.45. The van der Waals surface area contributed by atoms with Gasteiger partial charge in [-0.25, -0.2) is 0 Å². The molecule has 0 bridgehead atoms. The van der Waals surface area contributed by atoms with Gasteiger partial charge in [0.2, 0.25) is 0 Å². The summed E-state index contributed by atoms with van der Waals surface area (Å²) in [6.07, 6.45) is 3.04. The van der Waals surface area contributed by atoms with Crippen LogP contribution in [-0.4, -0.2) is 32.7 Å². The number of aliphatic hydroxyl groups is 1. The Morgan fingerprint density at radius 3 is 2.85 bits per heavy atom. The van der Waals surface area contributed by atoms with Crippen molar-refractivity contribution in [2.75, 3.05) is 16.8 Å². The van der Waals surface area contributed by atoms with Crippen LogP contribution in [0.2, 0.25) is 0 Å². The lowest BCUT2D eigenvalue weighted by atomic mass is 9.95. The third kappa shape index (κ3) is 2.43. The molecule has 1 aromatic carbocycles. The molecule has 1 aliphatic heterocycles. The molecule has 0 aliphatic carbocycles. The monoisotopic (exact) mass is 290 g/mol. The molecule has 2 aromatic rings. The molecule has 0 atom stereocenters. The maximum Gasteiger partial charge on any atom is 0.256 e. The molecule has 0 unspecified atom stereocenters. The van der Waals surface area contributed by atoms with E-state index in [9.17, 15) is 9.90 Å². The molecule has 3 rings (SSSR count). The first-order chi connectivity index (χ1) is 9.58. The molecule has 1 aliphatic rings. The van der Waals surface area contributed by atoms with Gasteiger partial charge in [-0.1, -0.05) is 6.07 Å². The van der Waals surface area contributed by atoms with Gasteiger partial charge in [0.1, 0.15) is 5.60 Å². The van der Waals surface area contributed by atoms with Crippen molar-refractivity contribution in [2.24, 2.45) is 7.05 Å². The standard InChI is InChI=1S/C15H18N2O2S/c1-17-7-4-11-2-3-12(10-13(11)17)16-14(18)15(19)5-8-20-9-6-15/h2-4,7,10,19H,5-6,8-9H2,1H3,(H,16,18). The van der Waals surface area contributed by atoms with Gasteiger partial charge in [-0.2, -0.15) is 11.8 Å². The van der Waals surface area contributed by atoms with Crippen LogP contribution >= 0.6 is 11.8 Å². The Labute approximate surface area is 122 Å². The molecular weight excluding hydrogens is 272 g/mol. The number of nitrogens with zero attached hydrogens (tertiary/aromatic N) is 1. The molecule has 1 fully saturated rings. The molecule has 1 aromatic heterocycles. The molecule has 0 spiro atoms. The summed E-state index contributed by atoms with van der Waals surface area (Å²) in [5.74, 6) is 1.38. The van der Waals surface area contributed by atoms with Crippen molar-refractivity contribution in [1.82, 2.24) is 4.57 Å². The van der Waals surface area contributed by atoms with Gasteiger partial charge in [0.25, 0.3) is 5.91 Å². The second-order valence-corrected chi connectivity index (χ2v) is 6.52. The third-order valence-corrected chi connectivity index (χ3v) is 4.87. The second kappa shape index (κ2) is 5.14. The van der Waals surface area contributed by atoms with E-state index in [1.807, 2.05) is 42.1 Å². The van der Waals surface area contributed by atoms with Crippen LogP contribution < -0.4 is 5.32 Å². The summed E-state index contributed by atoms with van der Waals surface area (Å²) in [5.41, 5.74) is 0.582. The zero-order valence-electron chi connectivity index (χ0n) is 11.4. The largest absolute Gasteiger partial charge is 0.380 e. The highest BCUT2D eigenvalue weighted by Crippen LogP contribution is 2.28. The lowest BCUT2D eigenvalue weighted by molar-refractivity contribution is -0.134. The summed E-state index contributed by atoms with van der Waals surface area (Å²) in [7, 11) is 1.97. The van der Waals surface area contributed by atoms with E-state index in [1.165, 1.54) is 0 Å². The number of hydrogen-bond acceptors (Lipinski definition) is 3. The molecule has 2 heterocycles. The summed E-state index contributed by atoms with van der Waals surface area (Å²) < 4.78 is 2.01. The van der Waals surface area contributed by atoms with Crippen LogP contribution in [-0.2, 0) is 11.8 Å². The van der Waals surface area contributed by atoms with Gasteiger partial charge in [0.15, 0.2) is 0 Å². The van der Waals surface area contributed by atoms with E-state index < -0.39 is 5.60 Å². The predicted octanol–water partition coefficient (Wildman–Crippen LogP) is 2.37. The fourth-order valence-electron chi connectivity index (χ4n) is 2.52. The Morgan fingerprint density at radius 1 is 1.35 bits per heavy atom. The number of aryl methyl sites for hydroxylation is 1. The first kappa shape index (κ1) is 13.5. The number of nitrogens with one attached hydrogen (secondary N) is 1. The van der Waals surface area contributed by atoms with Crippen molar-refractivity contribution in [3.05, 3.63) is 30.5 Å². The maximum absolute atomic E-state index is 12.3. The van der Waals surface area contributed by atoms with Gasteiger partial charge >= 0.3 is 0 Å². The van der Waals surface area contributed by atoms with Gasteiger partial charge in [0.05, 0.1) is 0 Å². The number of amides is 1. The van der Waals surface area contributed by atoms with Gasteiger partial charge in [-0.05, 0) is 47.9 Å². The lowest BCUT2D eigenvalue weighted by Gasteiger charge is -2.30. The molecule has 106 valence electrons. The van der Waals surface area contributed by atoms with Crippen molar-refractivity contribution < 1.29 is 9.90 Å². The first-order valence-corrected chi connectivity index (χ1v) is 7.91. The SMILES string of the molecule is Cn1ccc2ccc(NC(=O)C3(O)CCSCC3)cc21. The average molecular weight is 290 g/mol. The van der Waals surface area contributed by atoms with E-state index >= 15 is 0 Å². The van der Waals surface area contributed by atoms with Crippen molar-refractivity contribution in [3.63, 3.8) is 0 Å². The number of benzene rings is 1. The van der Waals surface area contributed by atoms with Gasteiger partial charge in [-0.3, -0.25) is 4.79 Å². The molecule has 20 heavy (non-hydrogen) atoms. The maximum atomic E-state index is 12.3. The van der Waals surface area contributed by atoms with Crippen molar-refractivity contribution in [1.29, 1.82) is 0 Å². The number of anilines is 1. The third-order valence-electron chi connectivity index (χ3n) is 3.89. The Kier molecular flexibility index (Phi) is 3.48. The molecule has 0 saturated carbocycles. The van der Waals surface area contributed by atoms with Crippen LogP contribution in [0, 0.1) is 0 Å². The zero-order valence-corrected chi connectivity index (χ0v) is 12.2. The minimum absolute atomic E-state index is 0.286. The topological polar surface area (TPSA) is 54.3 Å². The Morgan fingerprint density at radius 2 is 2.10 bits per heavy atom. The first-order valence-electron chi connectivity index (χ1n) is 6.75. The summed E-state index contributed by atoms with van der Waals surface area (Å²) in [4.78, 5) is 12.3. The van der Waals surface area contributed by atoms with Crippen molar-refractivity contribution in [2.45, 2.75) is 18.4 Å². The van der Waals surface area contributed by atoms with E-state index in [1.54, 1.807) is 11.8 Å². The minimum atomic E-state index is -1.21. The number of carbonyl (C=O) groups excluding carboxylic acids is 1. The normalized spacial score (nSPS) is 18.1. The predicted molar refractivity (Wildman–Crippen MR) is 83.1 cm³/mol. The van der Waals surface area contributed by atoms with E-state index in [0.29, 0.717) is 12.8 Å². The number of rotatable bonds is 2. The van der Waals surface area contributed by atoms with Gasteiger partial charge < -0.3 is 15.0 Å². The summed E-state index contributed by atoms with van der Waals surface area (Å²) in [6, 6.07) is 7.83. The number of thioether (sulfide) groups is 1. The number of carbonyl (C=O) groups is 1. The molecular formula is C15H18N2O2S.